The highest BCUT2D eigenvalue weighted by atomic mass is 28.4. The van der Waals surface area contributed by atoms with Gasteiger partial charge in [0.25, 0.3) is 8.32 Å². The van der Waals surface area contributed by atoms with Gasteiger partial charge in [-0.05, 0) is 66.7 Å². The Bertz CT molecular complexity index is 966. The summed E-state index contributed by atoms with van der Waals surface area (Å²) < 4.78 is 19.8. The largest absolute Gasteiger partial charge is 0.543 e. The number of fused-ring (bicyclic) bond motifs is 1. The lowest BCUT2D eigenvalue weighted by atomic mass is 9.94. The summed E-state index contributed by atoms with van der Waals surface area (Å²) in [6, 6.07) is 5.92. The highest BCUT2D eigenvalue weighted by molar-refractivity contribution is 6.75. The number of hydrogen-bond donors (Lipinski definition) is 0. The molecule has 2 rings (SSSR count). The fourth-order valence-electron chi connectivity index (χ4n) is 3.96. The zero-order valence-corrected chi connectivity index (χ0v) is 27.4. The normalized spacial score (nSPS) is 23.2. The average Bonchev–Trinajstić information content (AvgIpc) is 2.73. The molecule has 0 N–H and O–H groups in total. The highest BCUT2D eigenvalue weighted by Gasteiger charge is 2.42. The minimum Gasteiger partial charge on any atom is -0.543 e. The second-order valence-corrected chi connectivity index (χ2v) is 23.2. The number of allylic oxidation sites excluding steroid dienone is 2. The van der Waals surface area contributed by atoms with Crippen LogP contribution in [0.5, 0.6) is 5.75 Å². The molecule has 6 heteroatoms. The number of esters is 1. The van der Waals surface area contributed by atoms with Gasteiger partial charge in [-0.1, -0.05) is 78.8 Å². The van der Waals surface area contributed by atoms with Gasteiger partial charge in [0, 0.05) is 12.8 Å². The fraction of sp³-hybridized carbons (Fsp3) is 0.645. The first-order valence-corrected chi connectivity index (χ1v) is 19.7. The van der Waals surface area contributed by atoms with E-state index in [1.165, 1.54) is 0 Å². The molecule has 0 aromatic heterocycles. The van der Waals surface area contributed by atoms with Gasteiger partial charge in [0.1, 0.15) is 17.4 Å². The summed E-state index contributed by atoms with van der Waals surface area (Å²) in [6.07, 6.45) is 8.77. The lowest BCUT2D eigenvalue weighted by Gasteiger charge is -2.41. The summed E-state index contributed by atoms with van der Waals surface area (Å²) in [4.78, 5) is 13.8. The van der Waals surface area contributed by atoms with Crippen molar-refractivity contribution in [3.05, 3.63) is 54.1 Å². The van der Waals surface area contributed by atoms with Crippen LogP contribution in [0.15, 0.2) is 43.0 Å². The van der Waals surface area contributed by atoms with E-state index in [9.17, 15) is 4.79 Å². The lowest BCUT2D eigenvalue weighted by Crippen LogP contribution is -2.46. The second kappa shape index (κ2) is 12.0. The van der Waals surface area contributed by atoms with Gasteiger partial charge in [0.05, 0.1) is 6.10 Å². The maximum Gasteiger partial charge on any atom is 0.342 e. The van der Waals surface area contributed by atoms with Crippen LogP contribution in [0.2, 0.25) is 36.3 Å². The van der Waals surface area contributed by atoms with Crippen LogP contribution in [0, 0.1) is 5.92 Å². The van der Waals surface area contributed by atoms with Crippen LogP contribution in [0.1, 0.15) is 83.7 Å². The summed E-state index contributed by atoms with van der Waals surface area (Å²) >= 11 is 0. The highest BCUT2D eigenvalue weighted by Crippen LogP contribution is 2.41. The minimum atomic E-state index is -2.16. The summed E-state index contributed by atoms with van der Waals surface area (Å²) in [5.74, 6) is 0.631. The van der Waals surface area contributed by atoms with Gasteiger partial charge < -0.3 is 13.6 Å². The van der Waals surface area contributed by atoms with E-state index in [1.54, 1.807) is 0 Å². The Balaban J connectivity index is 2.50. The van der Waals surface area contributed by atoms with Gasteiger partial charge in [0.2, 0.25) is 0 Å². The van der Waals surface area contributed by atoms with E-state index in [0.717, 1.165) is 12.0 Å². The van der Waals surface area contributed by atoms with Gasteiger partial charge in [-0.2, -0.15) is 0 Å². The zero-order chi connectivity index (χ0) is 28.2. The molecule has 0 radical (unpaired) electrons. The molecule has 1 heterocycles. The molecule has 1 aromatic rings. The number of carbonyl (C=O) groups is 1. The Morgan fingerprint density at radius 3 is 2.22 bits per heavy atom. The number of hydrogen-bond acceptors (Lipinski definition) is 4. The summed E-state index contributed by atoms with van der Waals surface area (Å²) in [6.45, 7) is 28.6. The maximum atomic E-state index is 13.8. The third-order valence-corrected chi connectivity index (χ3v) is 17.4. The zero-order valence-electron chi connectivity index (χ0n) is 25.4. The molecule has 0 bridgehead atoms. The van der Waals surface area contributed by atoms with Crippen molar-refractivity contribution < 1.29 is 18.4 Å². The summed E-state index contributed by atoms with van der Waals surface area (Å²) in [7, 11) is -4.17. The topological polar surface area (TPSA) is 44.8 Å². The molecule has 0 amide bonds. The fourth-order valence-corrected chi connectivity index (χ4v) is 6.43. The van der Waals surface area contributed by atoms with Crippen molar-refractivity contribution >= 4 is 22.6 Å². The van der Waals surface area contributed by atoms with Crippen LogP contribution in [0.3, 0.4) is 0 Å². The molecule has 3 atom stereocenters. The van der Waals surface area contributed by atoms with E-state index in [1.807, 2.05) is 24.3 Å². The molecule has 0 unspecified atom stereocenters. The van der Waals surface area contributed by atoms with Crippen LogP contribution in [-0.4, -0.2) is 34.8 Å². The molecule has 1 aliphatic heterocycles. The predicted molar refractivity (Wildman–Crippen MR) is 162 cm³/mol. The molecule has 1 aromatic carbocycles. The minimum absolute atomic E-state index is 0.000846. The van der Waals surface area contributed by atoms with E-state index >= 15 is 0 Å². The molecule has 0 saturated carbocycles. The monoisotopic (exact) mass is 544 g/mol. The Kier molecular flexibility index (Phi) is 10.3. The van der Waals surface area contributed by atoms with Gasteiger partial charge >= 0.3 is 5.97 Å². The SMILES string of the molecule is C=CC[C@H]1C[C@@H](O[Si](C)(C)C(C)(C)C)[C@@H](C)C/C=C/Cc2cccc(O[Si](C)(C)C(C)(C)C)c2C(=O)O1. The van der Waals surface area contributed by atoms with Gasteiger partial charge in [-0.3, -0.25) is 0 Å². The van der Waals surface area contributed by atoms with Crippen molar-refractivity contribution in [1.29, 1.82) is 0 Å². The third-order valence-electron chi connectivity index (χ3n) is 8.59. The molecular formula is C31H52O4Si2. The average molecular weight is 545 g/mol. The predicted octanol–water partition coefficient (Wildman–Crippen LogP) is 9.09. The Morgan fingerprint density at radius 2 is 1.65 bits per heavy atom. The number of ether oxygens (including phenoxy) is 1. The molecule has 208 valence electrons. The Labute approximate surface area is 229 Å². The number of benzene rings is 1. The summed E-state index contributed by atoms with van der Waals surface area (Å²) in [5, 5.41) is 0.118. The van der Waals surface area contributed by atoms with E-state index in [-0.39, 0.29) is 28.3 Å². The molecule has 0 spiro atoms. The van der Waals surface area contributed by atoms with Crippen LogP contribution in [-0.2, 0) is 15.6 Å². The molecular weight excluding hydrogens is 493 g/mol. The van der Waals surface area contributed by atoms with E-state index < -0.39 is 16.6 Å². The number of rotatable bonds is 6. The lowest BCUT2D eigenvalue weighted by molar-refractivity contribution is 0.00947. The van der Waals surface area contributed by atoms with E-state index in [4.69, 9.17) is 13.6 Å². The first-order valence-electron chi connectivity index (χ1n) is 13.8. The number of cyclic esters (lactones) is 1. The molecule has 0 aliphatic carbocycles. The third kappa shape index (κ3) is 8.17. The van der Waals surface area contributed by atoms with Crippen molar-refractivity contribution in [2.45, 2.75) is 123 Å². The summed E-state index contributed by atoms with van der Waals surface area (Å²) in [5.41, 5.74) is 1.50. The molecule has 1 aliphatic rings. The van der Waals surface area contributed by atoms with Gasteiger partial charge in [-0.25, -0.2) is 4.79 Å². The van der Waals surface area contributed by atoms with Gasteiger partial charge in [0.15, 0.2) is 8.32 Å². The smallest absolute Gasteiger partial charge is 0.342 e. The number of carbonyl (C=O) groups excluding carboxylic acids is 1. The van der Waals surface area contributed by atoms with Crippen molar-refractivity contribution in [2.24, 2.45) is 5.92 Å². The molecule has 37 heavy (non-hydrogen) atoms. The Hall–Kier alpha value is -1.64. The van der Waals surface area contributed by atoms with Crippen LogP contribution < -0.4 is 4.43 Å². The molecule has 0 saturated heterocycles. The van der Waals surface area contributed by atoms with E-state index in [2.05, 4.69) is 93.4 Å². The van der Waals surface area contributed by atoms with Gasteiger partial charge in [-0.15, -0.1) is 6.58 Å². The standard InChI is InChI=1S/C31H52O4Si2/c1-13-17-25-22-27(35-37(11,12)31(6,7)8)23(2)18-14-15-19-24-20-16-21-26(28(24)29(32)33-25)34-36(9,10)30(3,4)5/h13-16,20-21,23,25,27H,1,17-19,22H2,2-12H3/b15-14+/t23-,25-,27+/m0/s1. The quantitative estimate of drug-likeness (QED) is 0.203. The second-order valence-electron chi connectivity index (χ2n) is 13.7. The first kappa shape index (κ1) is 31.6. The van der Waals surface area contributed by atoms with Crippen molar-refractivity contribution in [2.75, 3.05) is 0 Å². The van der Waals surface area contributed by atoms with Crippen LogP contribution in [0.4, 0.5) is 0 Å². The molecule has 0 fully saturated rings. The van der Waals surface area contributed by atoms with Crippen molar-refractivity contribution in [3.63, 3.8) is 0 Å². The van der Waals surface area contributed by atoms with E-state index in [0.29, 0.717) is 36.5 Å². The molecule has 4 nitrogen and oxygen atoms in total. The maximum absolute atomic E-state index is 13.8. The van der Waals surface area contributed by atoms with Crippen molar-refractivity contribution in [3.8, 4) is 5.75 Å². The first-order chi connectivity index (χ1) is 16.9. The van der Waals surface area contributed by atoms with Crippen LogP contribution >= 0.6 is 0 Å². The Morgan fingerprint density at radius 1 is 1.03 bits per heavy atom. The van der Waals surface area contributed by atoms with Crippen LogP contribution in [0.25, 0.3) is 0 Å². The van der Waals surface area contributed by atoms with Crippen molar-refractivity contribution in [1.82, 2.24) is 0 Å².